The molecule has 1 aromatic rings. The van der Waals surface area contributed by atoms with E-state index >= 15 is 0 Å². The van der Waals surface area contributed by atoms with E-state index < -0.39 is 5.97 Å². The van der Waals surface area contributed by atoms with Crippen LogP contribution in [0.5, 0.6) is 0 Å². The number of anilines is 1. The molecular weight excluding hydrogens is 240 g/mol. The highest BCUT2D eigenvalue weighted by Crippen LogP contribution is 2.26. The molecule has 0 unspecified atom stereocenters. The first-order valence-corrected chi connectivity index (χ1v) is 5.90. The molecule has 0 saturated heterocycles. The lowest BCUT2D eigenvalue weighted by Gasteiger charge is -2.19. The zero-order valence-electron chi connectivity index (χ0n) is 10.0. The summed E-state index contributed by atoms with van der Waals surface area (Å²) in [5, 5.41) is 9.26. The molecule has 0 heterocycles. The van der Waals surface area contributed by atoms with Crippen LogP contribution in [0.2, 0.25) is 5.02 Å². The second-order valence-corrected chi connectivity index (χ2v) is 4.20. The zero-order chi connectivity index (χ0) is 13.0. The third-order valence-electron chi connectivity index (χ3n) is 2.75. The van der Waals surface area contributed by atoms with Gasteiger partial charge in [0.05, 0.1) is 16.3 Å². The topological polar surface area (TPSA) is 66.6 Å². The van der Waals surface area contributed by atoms with Gasteiger partial charge in [0.15, 0.2) is 0 Å². The van der Waals surface area contributed by atoms with Crippen molar-refractivity contribution in [3.63, 3.8) is 0 Å². The Kier molecular flexibility index (Phi) is 4.78. The SMILES string of the molecule is CCN(CC)Cc1cc(C(=O)O)cc(Cl)c1N. The maximum absolute atomic E-state index is 10.9. The zero-order valence-corrected chi connectivity index (χ0v) is 10.8. The number of nitrogens with two attached hydrogens (primary N) is 1. The van der Waals surface area contributed by atoms with Crippen LogP contribution in [0.1, 0.15) is 29.8 Å². The quantitative estimate of drug-likeness (QED) is 0.795. The largest absolute Gasteiger partial charge is 0.478 e. The molecule has 0 aliphatic rings. The van der Waals surface area contributed by atoms with Gasteiger partial charge in [-0.25, -0.2) is 4.79 Å². The van der Waals surface area contributed by atoms with Crippen LogP contribution in [0.3, 0.4) is 0 Å². The number of carboxylic acid groups (broad SMARTS) is 1. The van der Waals surface area contributed by atoms with Crippen molar-refractivity contribution < 1.29 is 9.90 Å². The van der Waals surface area contributed by atoms with Gasteiger partial charge in [-0.1, -0.05) is 25.4 Å². The fourth-order valence-electron chi connectivity index (χ4n) is 1.62. The molecule has 0 aliphatic carbocycles. The van der Waals surface area contributed by atoms with E-state index in [-0.39, 0.29) is 5.56 Å². The maximum Gasteiger partial charge on any atom is 0.335 e. The number of halogens is 1. The molecular formula is C12H17ClN2O2. The van der Waals surface area contributed by atoms with Crippen molar-refractivity contribution in [3.05, 3.63) is 28.3 Å². The summed E-state index contributed by atoms with van der Waals surface area (Å²) in [6, 6.07) is 2.97. The van der Waals surface area contributed by atoms with Crippen molar-refractivity contribution in [1.29, 1.82) is 0 Å². The Labute approximate surface area is 106 Å². The van der Waals surface area contributed by atoms with Gasteiger partial charge < -0.3 is 10.8 Å². The predicted octanol–water partition coefficient (Wildman–Crippen LogP) is 2.46. The normalized spacial score (nSPS) is 10.8. The number of rotatable bonds is 5. The molecule has 1 rings (SSSR count). The highest BCUT2D eigenvalue weighted by molar-refractivity contribution is 6.33. The van der Waals surface area contributed by atoms with Crippen LogP contribution >= 0.6 is 11.6 Å². The van der Waals surface area contributed by atoms with Crippen molar-refractivity contribution >= 4 is 23.3 Å². The minimum Gasteiger partial charge on any atom is -0.478 e. The summed E-state index contributed by atoms with van der Waals surface area (Å²) in [5.41, 5.74) is 7.25. The van der Waals surface area contributed by atoms with Gasteiger partial charge in [0.1, 0.15) is 0 Å². The Morgan fingerprint density at radius 2 is 2.00 bits per heavy atom. The minimum atomic E-state index is -0.993. The molecule has 0 fully saturated rings. The number of hydrogen-bond acceptors (Lipinski definition) is 3. The lowest BCUT2D eigenvalue weighted by atomic mass is 10.1. The van der Waals surface area contributed by atoms with Crippen molar-refractivity contribution in [2.24, 2.45) is 0 Å². The molecule has 0 spiro atoms. The molecule has 0 amide bonds. The van der Waals surface area contributed by atoms with E-state index in [1.165, 1.54) is 6.07 Å². The molecule has 0 atom stereocenters. The van der Waals surface area contributed by atoms with Crippen LogP contribution in [0.15, 0.2) is 12.1 Å². The van der Waals surface area contributed by atoms with E-state index in [0.29, 0.717) is 17.3 Å². The van der Waals surface area contributed by atoms with Crippen LogP contribution in [-0.2, 0) is 6.54 Å². The summed E-state index contributed by atoms with van der Waals surface area (Å²) in [6.45, 7) is 6.46. The average Bonchev–Trinajstić information content (AvgIpc) is 2.30. The molecule has 0 saturated carbocycles. The number of carbonyl (C=O) groups is 1. The number of nitrogen functional groups attached to an aromatic ring is 1. The standard InChI is InChI=1S/C12H17ClN2O2/c1-3-15(4-2)7-9-5-8(12(16)17)6-10(13)11(9)14/h5-6H,3-4,7,14H2,1-2H3,(H,16,17). The monoisotopic (exact) mass is 256 g/mol. The van der Waals surface area contributed by atoms with Crippen molar-refractivity contribution in [2.75, 3.05) is 18.8 Å². The third kappa shape index (κ3) is 3.35. The van der Waals surface area contributed by atoms with Gasteiger partial charge in [-0.2, -0.15) is 0 Å². The van der Waals surface area contributed by atoms with Crippen LogP contribution in [0, 0.1) is 0 Å². The van der Waals surface area contributed by atoms with Crippen LogP contribution in [0.25, 0.3) is 0 Å². The number of carboxylic acids is 1. The van der Waals surface area contributed by atoms with Gasteiger partial charge in [-0.3, -0.25) is 4.90 Å². The Hall–Kier alpha value is -1.26. The first kappa shape index (κ1) is 13.8. The number of benzene rings is 1. The lowest BCUT2D eigenvalue weighted by molar-refractivity contribution is 0.0696. The molecule has 0 bridgehead atoms. The molecule has 0 aliphatic heterocycles. The molecule has 94 valence electrons. The van der Waals surface area contributed by atoms with Gasteiger partial charge in [-0.05, 0) is 30.8 Å². The fraction of sp³-hybridized carbons (Fsp3) is 0.417. The molecule has 4 nitrogen and oxygen atoms in total. The van der Waals surface area contributed by atoms with E-state index in [9.17, 15) is 4.79 Å². The number of aromatic carboxylic acids is 1. The van der Waals surface area contributed by atoms with E-state index in [0.717, 1.165) is 18.7 Å². The fourth-order valence-corrected chi connectivity index (χ4v) is 1.86. The molecule has 3 N–H and O–H groups in total. The van der Waals surface area contributed by atoms with Gasteiger partial charge in [0.25, 0.3) is 0 Å². The summed E-state index contributed by atoms with van der Waals surface area (Å²) in [5.74, 6) is -0.993. The van der Waals surface area contributed by atoms with Crippen LogP contribution < -0.4 is 5.73 Å². The number of hydrogen-bond donors (Lipinski definition) is 2. The maximum atomic E-state index is 10.9. The second kappa shape index (κ2) is 5.89. The van der Waals surface area contributed by atoms with Gasteiger partial charge in [0, 0.05) is 6.54 Å². The molecule has 1 aromatic carbocycles. The molecule has 5 heteroatoms. The predicted molar refractivity (Wildman–Crippen MR) is 69.4 cm³/mol. The minimum absolute atomic E-state index is 0.173. The third-order valence-corrected chi connectivity index (χ3v) is 3.06. The molecule has 0 aromatic heterocycles. The van der Waals surface area contributed by atoms with Crippen molar-refractivity contribution in [3.8, 4) is 0 Å². The van der Waals surface area contributed by atoms with Gasteiger partial charge in [-0.15, -0.1) is 0 Å². The lowest BCUT2D eigenvalue weighted by Crippen LogP contribution is -2.23. The first-order valence-electron chi connectivity index (χ1n) is 5.53. The Morgan fingerprint density at radius 3 is 2.47 bits per heavy atom. The second-order valence-electron chi connectivity index (χ2n) is 3.80. The smallest absolute Gasteiger partial charge is 0.335 e. The Balaban J connectivity index is 3.09. The van der Waals surface area contributed by atoms with E-state index in [1.54, 1.807) is 6.07 Å². The van der Waals surface area contributed by atoms with Crippen molar-refractivity contribution in [2.45, 2.75) is 20.4 Å². The van der Waals surface area contributed by atoms with Crippen LogP contribution in [-0.4, -0.2) is 29.1 Å². The van der Waals surface area contributed by atoms with E-state index in [2.05, 4.69) is 4.90 Å². The summed E-state index contributed by atoms with van der Waals surface area (Å²) >= 11 is 5.93. The Morgan fingerprint density at radius 1 is 1.41 bits per heavy atom. The first-order chi connectivity index (χ1) is 7.99. The van der Waals surface area contributed by atoms with Crippen molar-refractivity contribution in [1.82, 2.24) is 4.90 Å². The summed E-state index contributed by atoms with van der Waals surface area (Å²) < 4.78 is 0. The van der Waals surface area contributed by atoms with E-state index in [1.807, 2.05) is 13.8 Å². The van der Waals surface area contributed by atoms with Gasteiger partial charge in [0.2, 0.25) is 0 Å². The summed E-state index contributed by atoms with van der Waals surface area (Å²) in [4.78, 5) is 13.1. The molecule has 0 radical (unpaired) electrons. The Bertz CT molecular complexity index is 417. The van der Waals surface area contributed by atoms with Gasteiger partial charge >= 0.3 is 5.97 Å². The summed E-state index contributed by atoms with van der Waals surface area (Å²) in [6.07, 6.45) is 0. The molecule has 17 heavy (non-hydrogen) atoms. The summed E-state index contributed by atoms with van der Waals surface area (Å²) in [7, 11) is 0. The van der Waals surface area contributed by atoms with E-state index in [4.69, 9.17) is 22.4 Å². The number of nitrogens with zero attached hydrogens (tertiary/aromatic N) is 1. The highest BCUT2D eigenvalue weighted by atomic mass is 35.5. The van der Waals surface area contributed by atoms with Crippen LogP contribution in [0.4, 0.5) is 5.69 Å². The highest BCUT2D eigenvalue weighted by Gasteiger charge is 2.12. The average molecular weight is 257 g/mol.